The molecule has 6 nitrogen and oxygen atoms in total. The monoisotopic (exact) mass is 459 g/mol. The van der Waals surface area contributed by atoms with E-state index < -0.39 is 24.4 Å². The topological polar surface area (TPSA) is 66.0 Å². The van der Waals surface area contributed by atoms with Crippen molar-refractivity contribution in [1.29, 1.82) is 0 Å². The number of β-lactam (4-membered cyclic amide) rings is 1. The molecule has 2 fully saturated rings. The van der Waals surface area contributed by atoms with Crippen molar-refractivity contribution in [2.45, 2.75) is 44.4 Å². The van der Waals surface area contributed by atoms with Gasteiger partial charge in [-0.1, -0.05) is 91.0 Å². The van der Waals surface area contributed by atoms with E-state index in [4.69, 9.17) is 18.9 Å². The zero-order chi connectivity index (χ0) is 23.2. The van der Waals surface area contributed by atoms with Gasteiger partial charge < -0.3 is 24.3 Å². The molecule has 0 aliphatic carbocycles. The van der Waals surface area contributed by atoms with Gasteiger partial charge in [0.1, 0.15) is 30.5 Å². The molecule has 5 unspecified atom stereocenters. The summed E-state index contributed by atoms with van der Waals surface area (Å²) in [5.74, 6) is -0.477. The van der Waals surface area contributed by atoms with Crippen molar-refractivity contribution < 1.29 is 23.7 Å². The van der Waals surface area contributed by atoms with Crippen LogP contribution < -0.4 is 5.32 Å². The molecule has 1 amide bonds. The molecule has 5 rings (SSSR count). The van der Waals surface area contributed by atoms with Gasteiger partial charge in [0.15, 0.2) is 0 Å². The van der Waals surface area contributed by atoms with Crippen molar-refractivity contribution in [3.05, 3.63) is 108 Å². The first kappa shape index (κ1) is 22.7. The molecule has 0 radical (unpaired) electrons. The summed E-state index contributed by atoms with van der Waals surface area (Å²) in [6.45, 7) is 1.60. The Bertz CT molecular complexity index is 1050. The van der Waals surface area contributed by atoms with Crippen LogP contribution in [0.1, 0.15) is 16.7 Å². The van der Waals surface area contributed by atoms with Gasteiger partial charge in [-0.15, -0.1) is 0 Å². The molecule has 0 saturated carbocycles. The van der Waals surface area contributed by atoms with Crippen molar-refractivity contribution in [2.24, 2.45) is 5.92 Å². The minimum absolute atomic E-state index is 0.0694. The van der Waals surface area contributed by atoms with E-state index >= 15 is 0 Å². The highest BCUT2D eigenvalue weighted by atomic mass is 16.6. The first-order valence-electron chi connectivity index (χ1n) is 11.7. The van der Waals surface area contributed by atoms with Crippen LogP contribution in [0.3, 0.4) is 0 Å². The standard InChI is InChI=1S/C28H29NO5/c30-27-24-26(33-18-22-14-8-3-9-15-22)25(32-17-21-12-6-2-7-13-21)23(34-28(24)29-27)19-31-16-20-10-4-1-5-11-20/h1-15,23-26,28H,16-19H2,(H,29,30). The minimum Gasteiger partial charge on any atom is -0.374 e. The lowest BCUT2D eigenvalue weighted by Crippen LogP contribution is -2.72. The van der Waals surface area contributed by atoms with Gasteiger partial charge in [-0.25, -0.2) is 0 Å². The maximum absolute atomic E-state index is 12.5. The van der Waals surface area contributed by atoms with Gasteiger partial charge in [0, 0.05) is 0 Å². The van der Waals surface area contributed by atoms with Gasteiger partial charge in [0.2, 0.25) is 5.91 Å². The Hall–Kier alpha value is -3.03. The van der Waals surface area contributed by atoms with Gasteiger partial charge in [-0.2, -0.15) is 0 Å². The van der Waals surface area contributed by atoms with E-state index in [-0.39, 0.29) is 12.0 Å². The predicted octanol–water partition coefficient (Wildman–Crippen LogP) is 3.84. The number of amides is 1. The fraction of sp³-hybridized carbons (Fsp3) is 0.321. The van der Waals surface area contributed by atoms with Crippen LogP contribution in [0.15, 0.2) is 91.0 Å². The third-order valence-electron chi connectivity index (χ3n) is 6.24. The summed E-state index contributed by atoms with van der Waals surface area (Å²) in [7, 11) is 0. The van der Waals surface area contributed by atoms with Crippen LogP contribution in [-0.4, -0.2) is 37.1 Å². The van der Waals surface area contributed by atoms with Crippen molar-refractivity contribution in [1.82, 2.24) is 5.32 Å². The van der Waals surface area contributed by atoms with Gasteiger partial charge in [-0.3, -0.25) is 4.79 Å². The first-order valence-corrected chi connectivity index (χ1v) is 11.7. The number of benzene rings is 3. The summed E-state index contributed by atoms with van der Waals surface area (Å²) in [6, 6.07) is 29.9. The van der Waals surface area contributed by atoms with E-state index in [1.54, 1.807) is 0 Å². The molecule has 3 aromatic carbocycles. The molecule has 0 bridgehead atoms. The Morgan fingerprint density at radius 1 is 0.676 bits per heavy atom. The van der Waals surface area contributed by atoms with Crippen LogP contribution >= 0.6 is 0 Å². The maximum Gasteiger partial charge on any atom is 0.232 e. The van der Waals surface area contributed by atoms with E-state index in [1.807, 2.05) is 91.0 Å². The summed E-state index contributed by atoms with van der Waals surface area (Å²) in [5, 5.41) is 2.85. The molecule has 0 spiro atoms. The molecule has 2 aliphatic heterocycles. The molecule has 3 aromatic rings. The number of hydrogen-bond acceptors (Lipinski definition) is 5. The van der Waals surface area contributed by atoms with Crippen molar-refractivity contribution in [3.8, 4) is 0 Å². The quantitative estimate of drug-likeness (QED) is 0.467. The molecule has 2 saturated heterocycles. The number of rotatable bonds is 10. The molecule has 34 heavy (non-hydrogen) atoms. The second-order valence-electron chi connectivity index (χ2n) is 8.65. The van der Waals surface area contributed by atoms with Gasteiger partial charge >= 0.3 is 0 Å². The second-order valence-corrected chi connectivity index (χ2v) is 8.65. The fourth-order valence-corrected chi connectivity index (χ4v) is 4.42. The lowest BCUT2D eigenvalue weighted by Gasteiger charge is -2.50. The summed E-state index contributed by atoms with van der Waals surface area (Å²) < 4.78 is 25.0. The maximum atomic E-state index is 12.5. The molecule has 176 valence electrons. The van der Waals surface area contributed by atoms with Crippen LogP contribution in [0.2, 0.25) is 0 Å². The fourth-order valence-electron chi connectivity index (χ4n) is 4.42. The SMILES string of the molecule is O=C1NC2OC(COCc3ccccc3)C(OCc3ccccc3)C(OCc3ccccc3)C12. The van der Waals surface area contributed by atoms with Crippen LogP contribution in [0.25, 0.3) is 0 Å². The van der Waals surface area contributed by atoms with Crippen LogP contribution in [-0.2, 0) is 43.6 Å². The first-order chi connectivity index (χ1) is 16.8. The van der Waals surface area contributed by atoms with Crippen molar-refractivity contribution >= 4 is 5.91 Å². The molecular formula is C28H29NO5. The highest BCUT2D eigenvalue weighted by molar-refractivity contribution is 5.86. The van der Waals surface area contributed by atoms with Gasteiger partial charge in [0.25, 0.3) is 0 Å². The molecule has 2 aliphatic rings. The number of carbonyl (C=O) groups is 1. The molecule has 0 aromatic heterocycles. The van der Waals surface area contributed by atoms with Crippen LogP contribution in [0.5, 0.6) is 0 Å². The lowest BCUT2D eigenvalue weighted by molar-refractivity contribution is -0.265. The Kier molecular flexibility index (Phi) is 7.31. The second kappa shape index (κ2) is 10.9. The Morgan fingerprint density at radius 2 is 1.18 bits per heavy atom. The number of carbonyl (C=O) groups excluding carboxylic acids is 1. The number of hydrogen-bond donors (Lipinski definition) is 1. The van der Waals surface area contributed by atoms with E-state index in [0.29, 0.717) is 26.4 Å². The largest absolute Gasteiger partial charge is 0.374 e. The third kappa shape index (κ3) is 5.37. The smallest absolute Gasteiger partial charge is 0.232 e. The van der Waals surface area contributed by atoms with Gasteiger partial charge in [-0.05, 0) is 16.7 Å². The Morgan fingerprint density at radius 3 is 1.71 bits per heavy atom. The third-order valence-corrected chi connectivity index (χ3v) is 6.24. The zero-order valence-corrected chi connectivity index (χ0v) is 18.9. The molecule has 5 atom stereocenters. The Labute approximate surface area is 199 Å². The number of fused-ring (bicyclic) bond motifs is 1. The van der Waals surface area contributed by atoms with E-state index in [2.05, 4.69) is 5.32 Å². The average Bonchev–Trinajstić information content (AvgIpc) is 2.88. The molecule has 6 heteroatoms. The van der Waals surface area contributed by atoms with E-state index in [0.717, 1.165) is 16.7 Å². The molecule has 2 heterocycles. The highest BCUT2D eigenvalue weighted by Gasteiger charge is 2.56. The molecular weight excluding hydrogens is 430 g/mol. The summed E-state index contributed by atoms with van der Waals surface area (Å²) in [5.41, 5.74) is 3.18. The van der Waals surface area contributed by atoms with E-state index in [1.165, 1.54) is 0 Å². The van der Waals surface area contributed by atoms with Crippen LogP contribution in [0, 0.1) is 5.92 Å². The van der Waals surface area contributed by atoms with Crippen molar-refractivity contribution in [3.63, 3.8) is 0 Å². The lowest BCUT2D eigenvalue weighted by atomic mass is 9.84. The highest BCUT2D eigenvalue weighted by Crippen LogP contribution is 2.35. The average molecular weight is 460 g/mol. The summed E-state index contributed by atoms with van der Waals surface area (Å²) in [6.07, 6.45) is -1.67. The van der Waals surface area contributed by atoms with Gasteiger partial charge in [0.05, 0.1) is 26.4 Å². The molecule has 1 N–H and O–H groups in total. The van der Waals surface area contributed by atoms with Crippen molar-refractivity contribution in [2.75, 3.05) is 6.61 Å². The summed E-state index contributed by atoms with van der Waals surface area (Å²) >= 11 is 0. The number of nitrogens with one attached hydrogen (secondary N) is 1. The van der Waals surface area contributed by atoms with E-state index in [9.17, 15) is 4.79 Å². The summed E-state index contributed by atoms with van der Waals surface area (Å²) in [4.78, 5) is 12.5. The predicted molar refractivity (Wildman–Crippen MR) is 126 cm³/mol. The minimum atomic E-state index is -0.452. The normalized spacial score (nSPS) is 25.8. The zero-order valence-electron chi connectivity index (χ0n) is 18.9. The Balaban J connectivity index is 1.31. The van der Waals surface area contributed by atoms with Crippen LogP contribution in [0.4, 0.5) is 0 Å². The number of ether oxygens (including phenoxy) is 4.